The molecule has 0 radical (unpaired) electrons. The number of amides is 1. The molecule has 3 aromatic heterocycles. The molecule has 1 amide bonds. The van der Waals surface area contributed by atoms with Crippen LogP contribution in [0, 0.1) is 20.8 Å². The maximum atomic E-state index is 12.9. The first-order valence-corrected chi connectivity index (χ1v) is 9.76. The Balaban J connectivity index is 1.54. The fraction of sp³-hybridized carbons (Fsp3) is 0.429. The lowest BCUT2D eigenvalue weighted by atomic mass is 10.0. The Morgan fingerprint density at radius 1 is 1.21 bits per heavy atom. The Bertz CT molecular complexity index is 974. The zero-order valence-electron chi connectivity index (χ0n) is 16.7. The Hall–Kier alpha value is -2.96. The molecule has 0 saturated carbocycles. The number of hydrogen-bond acceptors (Lipinski definition) is 4. The lowest BCUT2D eigenvalue weighted by Crippen LogP contribution is -2.42. The van der Waals surface area contributed by atoms with Crippen LogP contribution in [-0.2, 0) is 11.3 Å². The third-order valence-electron chi connectivity index (χ3n) is 5.40. The van der Waals surface area contributed by atoms with Gasteiger partial charge in [0, 0.05) is 48.6 Å². The van der Waals surface area contributed by atoms with Crippen molar-refractivity contribution in [2.75, 3.05) is 13.1 Å². The van der Waals surface area contributed by atoms with E-state index < -0.39 is 0 Å². The molecular weight excluding hydrogens is 352 g/mol. The molecule has 0 spiro atoms. The Morgan fingerprint density at radius 2 is 2.07 bits per heavy atom. The summed E-state index contributed by atoms with van der Waals surface area (Å²) >= 11 is 0. The van der Waals surface area contributed by atoms with Gasteiger partial charge in [-0.15, -0.1) is 0 Å². The fourth-order valence-electron chi connectivity index (χ4n) is 4.07. The number of likely N-dealkylation sites (tertiary alicyclic amines) is 1. The Labute approximate surface area is 165 Å². The molecule has 7 heteroatoms. The molecule has 4 rings (SSSR count). The molecule has 1 unspecified atom stereocenters. The van der Waals surface area contributed by atoms with Crippen molar-refractivity contribution >= 4 is 5.91 Å². The van der Waals surface area contributed by atoms with Gasteiger partial charge in [0.2, 0.25) is 5.91 Å². The zero-order chi connectivity index (χ0) is 19.7. The molecule has 1 aliphatic heterocycles. The van der Waals surface area contributed by atoms with Crippen LogP contribution in [0.3, 0.4) is 0 Å². The van der Waals surface area contributed by atoms with E-state index in [2.05, 4.69) is 26.6 Å². The summed E-state index contributed by atoms with van der Waals surface area (Å²) in [6.07, 6.45) is 7.53. The monoisotopic (exact) mass is 378 g/mol. The average molecular weight is 378 g/mol. The summed E-state index contributed by atoms with van der Waals surface area (Å²) < 4.78 is 4.06. The average Bonchev–Trinajstić information content (AvgIpc) is 3.24. The van der Waals surface area contributed by atoms with Crippen LogP contribution in [-0.4, -0.2) is 48.2 Å². The van der Waals surface area contributed by atoms with Crippen molar-refractivity contribution in [3.63, 3.8) is 0 Å². The van der Waals surface area contributed by atoms with E-state index >= 15 is 0 Å². The van der Waals surface area contributed by atoms with E-state index in [1.54, 1.807) is 10.9 Å². The number of carbonyl (C=O) groups is 1. The second-order valence-corrected chi connectivity index (χ2v) is 7.56. The summed E-state index contributed by atoms with van der Waals surface area (Å²) in [5.41, 5.74) is 4.07. The molecule has 3 aromatic rings. The van der Waals surface area contributed by atoms with E-state index in [-0.39, 0.29) is 11.9 Å². The number of pyridine rings is 1. The van der Waals surface area contributed by atoms with Gasteiger partial charge in [-0.2, -0.15) is 5.10 Å². The van der Waals surface area contributed by atoms with Crippen molar-refractivity contribution in [3.05, 3.63) is 53.9 Å². The summed E-state index contributed by atoms with van der Waals surface area (Å²) in [4.78, 5) is 23.7. The van der Waals surface area contributed by atoms with Crippen LogP contribution < -0.4 is 0 Å². The van der Waals surface area contributed by atoms with Crippen LogP contribution in [0.15, 0.2) is 36.8 Å². The summed E-state index contributed by atoms with van der Waals surface area (Å²) in [5, 5.41) is 4.43. The van der Waals surface area contributed by atoms with Crippen molar-refractivity contribution in [2.45, 2.75) is 46.2 Å². The predicted octanol–water partition coefficient (Wildman–Crippen LogP) is 2.93. The first-order valence-electron chi connectivity index (χ1n) is 9.76. The number of imidazole rings is 1. The molecule has 1 saturated heterocycles. The van der Waals surface area contributed by atoms with Gasteiger partial charge in [0.05, 0.1) is 11.7 Å². The van der Waals surface area contributed by atoms with Crippen LogP contribution in [0.2, 0.25) is 0 Å². The second-order valence-electron chi connectivity index (χ2n) is 7.56. The third kappa shape index (κ3) is 3.56. The van der Waals surface area contributed by atoms with Crippen molar-refractivity contribution < 1.29 is 4.79 Å². The number of nitrogens with zero attached hydrogens (tertiary/aromatic N) is 6. The molecular formula is C21H26N6O. The van der Waals surface area contributed by atoms with E-state index in [0.717, 1.165) is 47.9 Å². The largest absolute Gasteiger partial charge is 0.339 e. The van der Waals surface area contributed by atoms with Crippen molar-refractivity contribution in [1.29, 1.82) is 0 Å². The highest BCUT2D eigenvalue weighted by molar-refractivity contribution is 5.76. The van der Waals surface area contributed by atoms with Gasteiger partial charge < -0.3 is 9.47 Å². The van der Waals surface area contributed by atoms with Crippen LogP contribution in [0.5, 0.6) is 0 Å². The van der Waals surface area contributed by atoms with E-state index in [4.69, 9.17) is 0 Å². The van der Waals surface area contributed by atoms with Gasteiger partial charge in [-0.25, -0.2) is 4.98 Å². The number of aromatic nitrogens is 5. The van der Waals surface area contributed by atoms with Gasteiger partial charge in [-0.3, -0.25) is 14.5 Å². The van der Waals surface area contributed by atoms with E-state index in [9.17, 15) is 4.79 Å². The second kappa shape index (κ2) is 7.58. The van der Waals surface area contributed by atoms with Crippen LogP contribution >= 0.6 is 0 Å². The summed E-state index contributed by atoms with van der Waals surface area (Å²) in [7, 11) is 0. The molecule has 0 aromatic carbocycles. The predicted molar refractivity (Wildman–Crippen MR) is 107 cm³/mol. The molecule has 0 bridgehead atoms. The maximum Gasteiger partial charge on any atom is 0.244 e. The molecule has 7 nitrogen and oxygen atoms in total. The Morgan fingerprint density at radius 3 is 2.79 bits per heavy atom. The normalized spacial score (nSPS) is 17.1. The third-order valence-corrected chi connectivity index (χ3v) is 5.40. The first-order chi connectivity index (χ1) is 13.5. The number of carbonyl (C=O) groups excluding carboxylic acids is 1. The van der Waals surface area contributed by atoms with Gasteiger partial charge >= 0.3 is 0 Å². The summed E-state index contributed by atoms with van der Waals surface area (Å²) in [5.74, 6) is 1.04. The maximum absolute atomic E-state index is 12.9. The highest BCUT2D eigenvalue weighted by Crippen LogP contribution is 2.29. The standard InChI is InChI=1S/C21H26N6O/c1-15-10-16(2)26(24-15)14-20(28)25-9-5-7-19(13-25)27-17(3)11-23-21(27)18-6-4-8-22-12-18/h4,6,8,10-12,19H,5,7,9,13-14H2,1-3H3. The molecule has 1 aliphatic rings. The van der Waals surface area contributed by atoms with Crippen LogP contribution in [0.1, 0.15) is 36.0 Å². The lowest BCUT2D eigenvalue weighted by molar-refractivity contribution is -0.133. The van der Waals surface area contributed by atoms with Gasteiger partial charge in [0.25, 0.3) is 0 Å². The number of piperidine rings is 1. The Kier molecular flexibility index (Phi) is 4.98. The van der Waals surface area contributed by atoms with Crippen molar-refractivity contribution in [1.82, 2.24) is 29.2 Å². The first kappa shape index (κ1) is 18.4. The molecule has 146 valence electrons. The van der Waals surface area contributed by atoms with Gasteiger partial charge in [-0.05, 0) is 51.8 Å². The van der Waals surface area contributed by atoms with Gasteiger partial charge in [-0.1, -0.05) is 0 Å². The molecule has 0 N–H and O–H groups in total. The molecule has 28 heavy (non-hydrogen) atoms. The topological polar surface area (TPSA) is 68.8 Å². The van der Waals surface area contributed by atoms with Crippen LogP contribution in [0.4, 0.5) is 0 Å². The minimum absolute atomic E-state index is 0.122. The number of rotatable bonds is 4. The highest BCUT2D eigenvalue weighted by atomic mass is 16.2. The molecule has 1 atom stereocenters. The zero-order valence-corrected chi connectivity index (χ0v) is 16.7. The summed E-state index contributed by atoms with van der Waals surface area (Å²) in [6.45, 7) is 7.80. The number of aryl methyl sites for hydroxylation is 3. The lowest BCUT2D eigenvalue weighted by Gasteiger charge is -2.35. The molecule has 1 fully saturated rings. The van der Waals surface area contributed by atoms with Crippen molar-refractivity contribution in [3.8, 4) is 11.4 Å². The van der Waals surface area contributed by atoms with Gasteiger partial charge in [0.1, 0.15) is 12.4 Å². The van der Waals surface area contributed by atoms with Crippen molar-refractivity contribution in [2.24, 2.45) is 0 Å². The minimum atomic E-state index is 0.122. The van der Waals surface area contributed by atoms with Gasteiger partial charge in [0.15, 0.2) is 0 Å². The smallest absolute Gasteiger partial charge is 0.244 e. The molecule has 4 heterocycles. The highest BCUT2D eigenvalue weighted by Gasteiger charge is 2.27. The van der Waals surface area contributed by atoms with Crippen LogP contribution in [0.25, 0.3) is 11.4 Å². The fourth-order valence-corrected chi connectivity index (χ4v) is 4.07. The summed E-state index contributed by atoms with van der Waals surface area (Å²) in [6, 6.07) is 6.17. The molecule has 0 aliphatic carbocycles. The van der Waals surface area contributed by atoms with E-state index in [0.29, 0.717) is 13.1 Å². The van der Waals surface area contributed by atoms with E-state index in [1.807, 2.05) is 49.3 Å². The minimum Gasteiger partial charge on any atom is -0.339 e. The quantitative estimate of drug-likeness (QED) is 0.700. The number of hydrogen-bond donors (Lipinski definition) is 0. The van der Waals surface area contributed by atoms with E-state index in [1.165, 1.54) is 0 Å². The SMILES string of the molecule is Cc1cc(C)n(CC(=O)N2CCCC(n3c(C)cnc3-c3cccnc3)C2)n1.